The van der Waals surface area contributed by atoms with E-state index in [0.717, 1.165) is 6.42 Å². The molecule has 0 aliphatic carbocycles. The first-order chi connectivity index (χ1) is 9.44. The number of carbonyl (C=O) groups excluding carboxylic acids is 2. The molecule has 20 heavy (non-hydrogen) atoms. The molecule has 0 spiro atoms. The minimum atomic E-state index is -1.31. The van der Waals surface area contributed by atoms with Crippen molar-refractivity contribution in [3.05, 3.63) is 0 Å². The van der Waals surface area contributed by atoms with Gasteiger partial charge in [-0.05, 0) is 12.8 Å². The van der Waals surface area contributed by atoms with E-state index in [0.29, 0.717) is 6.42 Å². The fourth-order valence-electron chi connectivity index (χ4n) is 1.58. The van der Waals surface area contributed by atoms with Crippen molar-refractivity contribution in [2.45, 2.75) is 44.7 Å². The van der Waals surface area contributed by atoms with E-state index in [4.69, 9.17) is 15.4 Å². The van der Waals surface area contributed by atoms with Crippen molar-refractivity contribution in [2.24, 2.45) is 0 Å². The molecule has 9 heteroatoms. The van der Waals surface area contributed by atoms with Crippen LogP contribution in [0, 0.1) is 0 Å². The lowest BCUT2D eigenvalue weighted by atomic mass is 10.1. The molecule has 0 rings (SSSR count). The summed E-state index contributed by atoms with van der Waals surface area (Å²) in [4.78, 5) is 33.2. The number of rotatable bonds is 9. The van der Waals surface area contributed by atoms with Gasteiger partial charge in [0.15, 0.2) is 0 Å². The van der Waals surface area contributed by atoms with Gasteiger partial charge in [-0.3, -0.25) is 10.0 Å². The number of hydrogen-bond donors (Lipinski definition) is 6. The maximum Gasteiger partial charge on any atom is 0.339 e. The highest BCUT2D eigenvalue weighted by Crippen LogP contribution is 2.01. The average molecular weight is 291 g/mol. The molecule has 0 heterocycles. The lowest BCUT2D eigenvalue weighted by Gasteiger charge is -2.17. The predicted octanol–water partition coefficient (Wildman–Crippen LogP) is -0.815. The van der Waals surface area contributed by atoms with Gasteiger partial charge < -0.3 is 20.8 Å². The van der Waals surface area contributed by atoms with E-state index >= 15 is 0 Å². The summed E-state index contributed by atoms with van der Waals surface area (Å²) in [5.41, 5.74) is 1.25. The summed E-state index contributed by atoms with van der Waals surface area (Å²) in [7, 11) is 0. The second-order valence-corrected chi connectivity index (χ2v) is 4.25. The molecule has 0 fully saturated rings. The van der Waals surface area contributed by atoms with Crippen LogP contribution in [0.2, 0.25) is 0 Å². The molecule has 0 aliphatic heterocycles. The van der Waals surface area contributed by atoms with Crippen LogP contribution in [0.4, 0.5) is 4.79 Å². The first-order valence-corrected chi connectivity index (χ1v) is 6.28. The van der Waals surface area contributed by atoms with Crippen LogP contribution in [0.5, 0.6) is 0 Å². The van der Waals surface area contributed by atoms with Crippen molar-refractivity contribution in [3.8, 4) is 0 Å². The Morgan fingerprint density at radius 3 is 2.25 bits per heavy atom. The molecular formula is C11H21N3O6. The van der Waals surface area contributed by atoms with Gasteiger partial charge in [-0.15, -0.1) is 0 Å². The van der Waals surface area contributed by atoms with Crippen LogP contribution >= 0.6 is 0 Å². The van der Waals surface area contributed by atoms with Gasteiger partial charge in [0.1, 0.15) is 6.04 Å². The number of hydroxylamine groups is 1. The van der Waals surface area contributed by atoms with Gasteiger partial charge in [-0.2, -0.15) is 0 Å². The molecule has 0 saturated carbocycles. The molecule has 0 bridgehead atoms. The van der Waals surface area contributed by atoms with Crippen LogP contribution in [0.3, 0.4) is 0 Å². The minimum Gasteiger partial charge on any atom is -0.480 e. The molecule has 9 nitrogen and oxygen atoms in total. The molecule has 2 atom stereocenters. The number of carboxylic acids is 1. The third-order valence-corrected chi connectivity index (χ3v) is 2.59. The molecule has 1 unspecified atom stereocenters. The molecule has 0 aromatic rings. The van der Waals surface area contributed by atoms with Crippen molar-refractivity contribution < 1.29 is 29.8 Å². The number of aliphatic hydroxyl groups excluding tert-OH is 1. The highest BCUT2D eigenvalue weighted by molar-refractivity contribution is 5.83. The quantitative estimate of drug-likeness (QED) is 0.242. The Kier molecular flexibility index (Phi) is 9.05. The Morgan fingerprint density at radius 1 is 1.15 bits per heavy atom. The number of hydrogen-bond acceptors (Lipinski definition) is 5. The number of urea groups is 1. The number of nitrogens with one attached hydrogen (secondary N) is 3. The monoisotopic (exact) mass is 291 g/mol. The molecular weight excluding hydrogens is 270 g/mol. The molecule has 0 aromatic carbocycles. The van der Waals surface area contributed by atoms with Gasteiger partial charge in [-0.1, -0.05) is 13.3 Å². The average Bonchev–Trinajstić information content (AvgIpc) is 2.42. The van der Waals surface area contributed by atoms with Gasteiger partial charge in [0.2, 0.25) is 5.91 Å². The Morgan fingerprint density at radius 2 is 1.80 bits per heavy atom. The Hall–Kier alpha value is -1.87. The van der Waals surface area contributed by atoms with E-state index in [9.17, 15) is 14.4 Å². The normalized spacial score (nSPS) is 13.2. The molecule has 116 valence electrons. The zero-order valence-electron chi connectivity index (χ0n) is 11.3. The fraction of sp³-hybridized carbons (Fsp3) is 0.727. The van der Waals surface area contributed by atoms with Gasteiger partial charge in [-0.25, -0.2) is 15.1 Å². The number of carbonyl (C=O) groups is 3. The van der Waals surface area contributed by atoms with Gasteiger partial charge in [0.25, 0.3) is 0 Å². The summed E-state index contributed by atoms with van der Waals surface area (Å²) in [5.74, 6) is -1.72. The lowest BCUT2D eigenvalue weighted by molar-refractivity contribution is -0.139. The molecule has 0 radical (unpaired) electrons. The summed E-state index contributed by atoms with van der Waals surface area (Å²) in [6, 6.07) is -2.70. The van der Waals surface area contributed by atoms with Gasteiger partial charge in [0.05, 0.1) is 12.6 Å². The first kappa shape index (κ1) is 18.1. The van der Waals surface area contributed by atoms with E-state index in [-0.39, 0.29) is 25.5 Å². The summed E-state index contributed by atoms with van der Waals surface area (Å²) in [5, 5.41) is 30.7. The van der Waals surface area contributed by atoms with Crippen molar-refractivity contribution >= 4 is 17.9 Å². The summed E-state index contributed by atoms with van der Waals surface area (Å²) < 4.78 is 0. The van der Waals surface area contributed by atoms with E-state index in [1.807, 2.05) is 12.2 Å². The maximum absolute atomic E-state index is 11.6. The smallest absolute Gasteiger partial charge is 0.339 e. The Balaban J connectivity index is 4.23. The third-order valence-electron chi connectivity index (χ3n) is 2.59. The van der Waals surface area contributed by atoms with Crippen LogP contribution in [0.25, 0.3) is 0 Å². The number of amides is 3. The Labute approximate surface area is 116 Å². The molecule has 0 saturated heterocycles. The lowest BCUT2D eigenvalue weighted by Crippen LogP contribution is -2.46. The van der Waals surface area contributed by atoms with E-state index in [1.54, 1.807) is 0 Å². The van der Waals surface area contributed by atoms with Crippen molar-refractivity contribution in [1.82, 2.24) is 16.1 Å². The van der Waals surface area contributed by atoms with E-state index in [1.165, 1.54) is 5.48 Å². The molecule has 0 aliphatic rings. The second-order valence-electron chi connectivity index (χ2n) is 4.25. The maximum atomic E-state index is 11.6. The van der Waals surface area contributed by atoms with Gasteiger partial charge >= 0.3 is 12.0 Å². The third kappa shape index (κ3) is 7.54. The van der Waals surface area contributed by atoms with Crippen LogP contribution in [0.15, 0.2) is 0 Å². The van der Waals surface area contributed by atoms with E-state index < -0.39 is 23.9 Å². The fourth-order valence-corrected chi connectivity index (χ4v) is 1.58. The van der Waals surface area contributed by atoms with E-state index in [2.05, 4.69) is 5.32 Å². The SMILES string of the molecule is CCC[C@H](CO)NC(=O)CCC(NC(=O)NO)C(=O)O. The Bertz CT molecular complexity index is 336. The minimum absolute atomic E-state index is 0.122. The number of aliphatic carboxylic acids is 1. The summed E-state index contributed by atoms with van der Waals surface area (Å²) in [6.07, 6.45) is 1.17. The van der Waals surface area contributed by atoms with Crippen LogP contribution < -0.4 is 16.1 Å². The van der Waals surface area contributed by atoms with Crippen LogP contribution in [-0.2, 0) is 9.59 Å². The number of carboxylic acid groups (broad SMARTS) is 1. The zero-order chi connectivity index (χ0) is 15.5. The highest BCUT2D eigenvalue weighted by atomic mass is 16.5. The summed E-state index contributed by atoms with van der Waals surface area (Å²) in [6.45, 7) is 1.72. The molecule has 3 amide bonds. The standard InChI is InChI=1S/C11H21N3O6/c1-2-3-7(6-15)12-9(16)5-4-8(10(17)18)13-11(19)14-20/h7-8,15,20H,2-6H2,1H3,(H,12,16)(H,17,18)(H2,13,14,19)/t7-,8?/m1/s1. The second kappa shape index (κ2) is 9.98. The van der Waals surface area contributed by atoms with Crippen molar-refractivity contribution in [3.63, 3.8) is 0 Å². The van der Waals surface area contributed by atoms with Crippen molar-refractivity contribution in [1.29, 1.82) is 0 Å². The van der Waals surface area contributed by atoms with Crippen LogP contribution in [0.1, 0.15) is 32.6 Å². The highest BCUT2D eigenvalue weighted by Gasteiger charge is 2.21. The molecule has 6 N–H and O–H groups in total. The van der Waals surface area contributed by atoms with Crippen molar-refractivity contribution in [2.75, 3.05) is 6.61 Å². The van der Waals surface area contributed by atoms with Gasteiger partial charge in [0, 0.05) is 6.42 Å². The largest absolute Gasteiger partial charge is 0.480 e. The zero-order valence-corrected chi connectivity index (χ0v) is 11.3. The number of aliphatic hydroxyl groups is 1. The topological polar surface area (TPSA) is 148 Å². The molecule has 0 aromatic heterocycles. The first-order valence-electron chi connectivity index (χ1n) is 6.28. The summed E-state index contributed by atoms with van der Waals surface area (Å²) >= 11 is 0. The predicted molar refractivity (Wildman–Crippen MR) is 68.0 cm³/mol. The van der Waals surface area contributed by atoms with Crippen LogP contribution in [-0.4, -0.2) is 52.0 Å².